The van der Waals surface area contributed by atoms with Crippen LogP contribution in [0.15, 0.2) is 24.3 Å². The summed E-state index contributed by atoms with van der Waals surface area (Å²) in [5, 5.41) is 9.00. The summed E-state index contributed by atoms with van der Waals surface area (Å²) in [5.74, 6) is -1.68. The maximum absolute atomic E-state index is 13.5. The minimum atomic E-state index is -1.31. The van der Waals surface area contributed by atoms with Gasteiger partial charge in [0.1, 0.15) is 5.67 Å². The Morgan fingerprint density at radius 2 is 2.18 bits per heavy atom. The van der Waals surface area contributed by atoms with Crippen LogP contribution in [0, 0.1) is 0 Å². The van der Waals surface area contributed by atoms with E-state index in [2.05, 4.69) is 0 Å². The minimum absolute atomic E-state index is 0.0395. The van der Waals surface area contributed by atoms with Crippen molar-refractivity contribution in [1.82, 2.24) is 0 Å². The van der Waals surface area contributed by atoms with Crippen molar-refractivity contribution in [3.63, 3.8) is 0 Å². The zero-order valence-corrected chi connectivity index (χ0v) is 10.1. The van der Waals surface area contributed by atoms with Crippen molar-refractivity contribution in [3.05, 3.63) is 35.4 Å². The zero-order chi connectivity index (χ0) is 13.1. The molecule has 0 heterocycles. The summed E-state index contributed by atoms with van der Waals surface area (Å²) in [5.41, 5.74) is 5.54. The molecule has 1 unspecified atom stereocenters. The van der Waals surface area contributed by atoms with Crippen LogP contribution in [0.1, 0.15) is 30.9 Å². The van der Waals surface area contributed by atoms with Crippen LogP contribution < -0.4 is 5.73 Å². The fourth-order valence-corrected chi connectivity index (χ4v) is 1.78. The quantitative estimate of drug-likeness (QED) is 0.827. The van der Waals surface area contributed by atoms with Gasteiger partial charge in [-0.15, -0.1) is 0 Å². The van der Waals surface area contributed by atoms with Crippen molar-refractivity contribution >= 4 is 5.97 Å². The molecule has 1 rings (SSSR count). The molecule has 0 fully saturated rings. The smallest absolute Gasteiger partial charge is 0.312 e. The van der Waals surface area contributed by atoms with Crippen LogP contribution in [0.3, 0.4) is 0 Å². The van der Waals surface area contributed by atoms with Crippen LogP contribution in [0.5, 0.6) is 0 Å². The predicted molar refractivity (Wildman–Crippen MR) is 64.8 cm³/mol. The lowest BCUT2D eigenvalue weighted by Gasteiger charge is -2.16. The number of hydrogen-bond acceptors (Lipinski definition) is 2. The summed E-state index contributed by atoms with van der Waals surface area (Å²) in [6.45, 7) is 3.03. The Balaban J connectivity index is 2.96. The molecule has 4 heteroatoms. The summed E-state index contributed by atoms with van der Waals surface area (Å²) >= 11 is 0. The second-order valence-electron chi connectivity index (χ2n) is 4.77. The molecule has 1 aromatic carbocycles. The molecule has 3 nitrogen and oxygen atoms in total. The van der Waals surface area contributed by atoms with Gasteiger partial charge in [-0.2, -0.15) is 0 Å². The number of rotatable bonds is 5. The van der Waals surface area contributed by atoms with E-state index < -0.39 is 17.6 Å². The van der Waals surface area contributed by atoms with Gasteiger partial charge in [0.25, 0.3) is 0 Å². The molecule has 0 radical (unpaired) electrons. The average Bonchev–Trinajstić information content (AvgIpc) is 2.15. The van der Waals surface area contributed by atoms with Crippen LogP contribution in [0.25, 0.3) is 0 Å². The normalized spacial score (nSPS) is 13.4. The third-order valence-electron chi connectivity index (χ3n) is 2.51. The molecule has 94 valence electrons. The maximum atomic E-state index is 13.5. The Kier molecular flexibility index (Phi) is 4.23. The van der Waals surface area contributed by atoms with Crippen LogP contribution in [0.2, 0.25) is 0 Å². The lowest BCUT2D eigenvalue weighted by molar-refractivity contribution is -0.138. The standard InChI is InChI=1S/C13H18FNO2/c1-13(2,14)7-9-4-3-5-10(6-9)11(8-15)12(16)17/h3-6,11H,7-8,15H2,1-2H3,(H,16,17). The first-order chi connectivity index (χ1) is 7.83. The van der Waals surface area contributed by atoms with Crippen molar-refractivity contribution in [1.29, 1.82) is 0 Å². The fraction of sp³-hybridized carbons (Fsp3) is 0.462. The summed E-state index contributed by atoms with van der Waals surface area (Å²) < 4.78 is 13.5. The van der Waals surface area contributed by atoms with Gasteiger partial charge in [0, 0.05) is 13.0 Å². The van der Waals surface area contributed by atoms with E-state index in [0.29, 0.717) is 5.56 Å². The molecule has 0 aromatic heterocycles. The Morgan fingerprint density at radius 3 is 2.65 bits per heavy atom. The number of carboxylic acids is 1. The van der Waals surface area contributed by atoms with E-state index in [0.717, 1.165) is 5.56 Å². The number of benzene rings is 1. The predicted octanol–water partition coefficient (Wildman–Crippen LogP) is 2.10. The highest BCUT2D eigenvalue weighted by Gasteiger charge is 2.20. The lowest BCUT2D eigenvalue weighted by atomic mass is 9.93. The van der Waals surface area contributed by atoms with Gasteiger partial charge in [0.15, 0.2) is 0 Å². The second-order valence-corrected chi connectivity index (χ2v) is 4.77. The molecule has 0 saturated carbocycles. The summed E-state index contributed by atoms with van der Waals surface area (Å²) in [4.78, 5) is 11.0. The molecule has 1 aromatic rings. The number of alkyl halides is 1. The average molecular weight is 239 g/mol. The first-order valence-corrected chi connectivity index (χ1v) is 5.54. The van der Waals surface area contributed by atoms with E-state index >= 15 is 0 Å². The third kappa shape index (κ3) is 4.15. The van der Waals surface area contributed by atoms with Gasteiger partial charge in [-0.25, -0.2) is 4.39 Å². The molecule has 0 spiro atoms. The van der Waals surface area contributed by atoms with E-state index in [9.17, 15) is 9.18 Å². The number of carboxylic acid groups (broad SMARTS) is 1. The van der Waals surface area contributed by atoms with Crippen molar-refractivity contribution in [2.75, 3.05) is 6.54 Å². The topological polar surface area (TPSA) is 63.3 Å². The Morgan fingerprint density at radius 1 is 1.53 bits per heavy atom. The van der Waals surface area contributed by atoms with Crippen molar-refractivity contribution in [2.24, 2.45) is 5.73 Å². The monoisotopic (exact) mass is 239 g/mol. The lowest BCUT2D eigenvalue weighted by Crippen LogP contribution is -2.21. The van der Waals surface area contributed by atoms with Gasteiger partial charge in [-0.05, 0) is 25.0 Å². The van der Waals surface area contributed by atoms with E-state index in [1.807, 2.05) is 0 Å². The Bertz CT molecular complexity index is 399. The first kappa shape index (κ1) is 13.6. The van der Waals surface area contributed by atoms with Gasteiger partial charge in [0.2, 0.25) is 0 Å². The van der Waals surface area contributed by atoms with Crippen LogP contribution >= 0.6 is 0 Å². The van der Waals surface area contributed by atoms with Crippen LogP contribution in [-0.2, 0) is 11.2 Å². The highest BCUT2D eigenvalue weighted by molar-refractivity contribution is 5.76. The maximum Gasteiger partial charge on any atom is 0.312 e. The summed E-state index contributed by atoms with van der Waals surface area (Å²) in [6.07, 6.45) is 0.262. The number of hydrogen-bond donors (Lipinski definition) is 2. The number of halogens is 1. The van der Waals surface area contributed by atoms with Gasteiger partial charge >= 0.3 is 5.97 Å². The van der Waals surface area contributed by atoms with E-state index in [-0.39, 0.29) is 13.0 Å². The minimum Gasteiger partial charge on any atom is -0.481 e. The highest BCUT2D eigenvalue weighted by atomic mass is 19.1. The zero-order valence-electron chi connectivity index (χ0n) is 10.1. The highest BCUT2D eigenvalue weighted by Crippen LogP contribution is 2.21. The molecule has 0 aliphatic carbocycles. The van der Waals surface area contributed by atoms with Crippen LogP contribution in [-0.4, -0.2) is 23.3 Å². The van der Waals surface area contributed by atoms with E-state index in [1.54, 1.807) is 24.3 Å². The summed E-state index contributed by atoms with van der Waals surface area (Å²) in [6, 6.07) is 6.95. The Hall–Kier alpha value is -1.42. The largest absolute Gasteiger partial charge is 0.481 e. The summed E-state index contributed by atoms with van der Waals surface area (Å²) in [7, 11) is 0. The molecule has 0 aliphatic rings. The van der Waals surface area contributed by atoms with Crippen molar-refractivity contribution in [2.45, 2.75) is 31.9 Å². The van der Waals surface area contributed by atoms with E-state index in [4.69, 9.17) is 10.8 Å². The molecule has 0 bridgehead atoms. The van der Waals surface area contributed by atoms with Crippen molar-refractivity contribution < 1.29 is 14.3 Å². The van der Waals surface area contributed by atoms with E-state index in [1.165, 1.54) is 13.8 Å². The molecule has 0 amide bonds. The van der Waals surface area contributed by atoms with Gasteiger partial charge < -0.3 is 10.8 Å². The molecular weight excluding hydrogens is 221 g/mol. The van der Waals surface area contributed by atoms with Gasteiger partial charge in [0.05, 0.1) is 5.92 Å². The number of aliphatic carboxylic acids is 1. The van der Waals surface area contributed by atoms with Gasteiger partial charge in [-0.1, -0.05) is 24.3 Å². The molecule has 0 saturated heterocycles. The molecule has 17 heavy (non-hydrogen) atoms. The third-order valence-corrected chi connectivity index (χ3v) is 2.51. The van der Waals surface area contributed by atoms with Crippen molar-refractivity contribution in [3.8, 4) is 0 Å². The fourth-order valence-electron chi connectivity index (χ4n) is 1.78. The number of carbonyl (C=O) groups is 1. The number of nitrogens with two attached hydrogens (primary N) is 1. The Labute approximate surface area is 100 Å². The van der Waals surface area contributed by atoms with Gasteiger partial charge in [-0.3, -0.25) is 4.79 Å². The molecule has 3 N–H and O–H groups in total. The molecule has 0 aliphatic heterocycles. The SMILES string of the molecule is CC(C)(F)Cc1cccc(C(CN)C(=O)O)c1. The molecule has 1 atom stereocenters. The first-order valence-electron chi connectivity index (χ1n) is 5.54. The second kappa shape index (κ2) is 5.27. The van der Waals surface area contributed by atoms with Crippen LogP contribution in [0.4, 0.5) is 4.39 Å². The molecular formula is C13H18FNO2.